The van der Waals surface area contributed by atoms with Crippen LogP contribution in [0.25, 0.3) is 11.0 Å². The number of nitrogens with one attached hydrogen (secondary N) is 1. The number of amides is 1. The summed E-state index contributed by atoms with van der Waals surface area (Å²) < 4.78 is 5.44. The van der Waals surface area contributed by atoms with E-state index >= 15 is 0 Å². The number of carbonyl (C=O) groups excluding carboxylic acids is 1. The lowest BCUT2D eigenvalue weighted by Crippen LogP contribution is -2.10. The van der Waals surface area contributed by atoms with Crippen molar-refractivity contribution in [3.05, 3.63) is 59.9 Å². The van der Waals surface area contributed by atoms with Gasteiger partial charge in [0.15, 0.2) is 11.5 Å². The first-order valence-corrected chi connectivity index (χ1v) is 6.26. The Balaban J connectivity index is 1.83. The summed E-state index contributed by atoms with van der Waals surface area (Å²) in [7, 11) is 0. The molecule has 1 heterocycles. The number of carbonyl (C=O) groups is 1. The van der Waals surface area contributed by atoms with Gasteiger partial charge in [0.1, 0.15) is 5.58 Å². The maximum Gasteiger partial charge on any atom is 0.291 e. The molecule has 3 aromatic rings. The first-order valence-electron chi connectivity index (χ1n) is 6.26. The van der Waals surface area contributed by atoms with Gasteiger partial charge in [-0.3, -0.25) is 4.79 Å². The number of nitriles is 1. The Morgan fingerprint density at radius 1 is 1.27 bits per heavy atom. The van der Waals surface area contributed by atoms with Gasteiger partial charge < -0.3 is 14.6 Å². The summed E-state index contributed by atoms with van der Waals surface area (Å²) in [4.78, 5) is 15.9. The Kier molecular flexibility index (Phi) is 3.48. The van der Waals surface area contributed by atoms with Crippen molar-refractivity contribution in [1.82, 2.24) is 0 Å². The third kappa shape index (κ3) is 2.61. The zero-order valence-electron chi connectivity index (χ0n) is 11.1. The van der Waals surface area contributed by atoms with Gasteiger partial charge in [-0.05, 0) is 42.5 Å². The van der Waals surface area contributed by atoms with Crippen molar-refractivity contribution in [2.75, 3.05) is 5.32 Å². The molecular formula is C16H8N2O4. The maximum atomic E-state index is 12.1. The monoisotopic (exact) mass is 292 g/mol. The number of hydrogen-bond acceptors (Lipinski definition) is 4. The zero-order valence-corrected chi connectivity index (χ0v) is 11.1. The Morgan fingerprint density at radius 2 is 2.14 bits per heavy atom. The second-order valence-corrected chi connectivity index (χ2v) is 4.45. The van der Waals surface area contributed by atoms with Gasteiger partial charge in [-0.2, -0.15) is 5.26 Å². The van der Waals surface area contributed by atoms with Crippen molar-refractivity contribution in [2.24, 2.45) is 0 Å². The molecule has 0 fully saturated rings. The largest absolute Gasteiger partial charge is 0.451 e. The van der Waals surface area contributed by atoms with Crippen LogP contribution in [0.2, 0.25) is 0 Å². The third-order valence-corrected chi connectivity index (χ3v) is 3.00. The molecule has 22 heavy (non-hydrogen) atoms. The molecule has 2 radical (unpaired) electrons. The van der Waals surface area contributed by atoms with Crippen LogP contribution in [0, 0.1) is 17.4 Å². The highest BCUT2D eigenvalue weighted by Gasteiger charge is 2.13. The molecular weight excluding hydrogens is 284 g/mol. The number of nitrogens with zero attached hydrogens (tertiary/aromatic N) is 1. The van der Waals surface area contributed by atoms with E-state index in [2.05, 4.69) is 16.3 Å². The molecule has 1 amide bonds. The predicted molar refractivity (Wildman–Crippen MR) is 75.5 cm³/mol. The molecule has 0 aliphatic carbocycles. The van der Waals surface area contributed by atoms with E-state index < -0.39 is 5.91 Å². The fourth-order valence-corrected chi connectivity index (χ4v) is 1.96. The van der Waals surface area contributed by atoms with E-state index in [1.54, 1.807) is 24.3 Å². The van der Waals surface area contributed by atoms with Crippen LogP contribution in [0.1, 0.15) is 16.1 Å². The van der Waals surface area contributed by atoms with Gasteiger partial charge in [-0.15, -0.1) is 0 Å². The molecule has 6 heteroatoms. The fraction of sp³-hybridized carbons (Fsp3) is 0. The van der Waals surface area contributed by atoms with Crippen LogP contribution in [0.3, 0.4) is 0 Å². The molecule has 0 spiro atoms. The lowest BCUT2D eigenvalue weighted by molar-refractivity contribution is -0.208. The SMILES string of the molecule is N#Cc1ccc2oc(C(=O)Nc3c[c]c(O[O])cc3)cc2c1. The van der Waals surface area contributed by atoms with E-state index in [-0.39, 0.29) is 11.5 Å². The molecule has 0 saturated heterocycles. The Hall–Kier alpha value is -3.30. The van der Waals surface area contributed by atoms with Crippen LogP contribution < -0.4 is 10.2 Å². The summed E-state index contributed by atoms with van der Waals surface area (Å²) in [6.07, 6.45) is 0. The summed E-state index contributed by atoms with van der Waals surface area (Å²) in [6.45, 7) is 0. The Labute approximate surface area is 125 Å². The van der Waals surface area contributed by atoms with Crippen molar-refractivity contribution in [3.8, 4) is 11.8 Å². The predicted octanol–water partition coefficient (Wildman–Crippen LogP) is 3.08. The average Bonchev–Trinajstić information content (AvgIpc) is 2.98. The lowest BCUT2D eigenvalue weighted by Gasteiger charge is -2.02. The third-order valence-electron chi connectivity index (χ3n) is 3.00. The van der Waals surface area contributed by atoms with Gasteiger partial charge in [0, 0.05) is 22.4 Å². The van der Waals surface area contributed by atoms with Crippen molar-refractivity contribution in [2.45, 2.75) is 0 Å². The minimum Gasteiger partial charge on any atom is -0.451 e. The quantitative estimate of drug-likeness (QED) is 0.592. The number of rotatable bonds is 3. The van der Waals surface area contributed by atoms with E-state index in [1.807, 2.05) is 6.07 Å². The fourth-order valence-electron chi connectivity index (χ4n) is 1.96. The van der Waals surface area contributed by atoms with E-state index in [1.165, 1.54) is 18.2 Å². The smallest absolute Gasteiger partial charge is 0.291 e. The van der Waals surface area contributed by atoms with Crippen LogP contribution >= 0.6 is 0 Å². The standard InChI is InChI=1S/C16H8N2O4/c17-9-10-1-6-14-11(7-10)8-15(21-14)16(19)18-12-2-4-13(22-20)5-3-12/h1-4,6-8H,(H,18,19). The topological polar surface area (TPSA) is 95.2 Å². The van der Waals surface area contributed by atoms with Crippen LogP contribution in [0.5, 0.6) is 5.75 Å². The van der Waals surface area contributed by atoms with Gasteiger partial charge >= 0.3 is 0 Å². The van der Waals surface area contributed by atoms with Crippen LogP contribution in [0.4, 0.5) is 5.69 Å². The van der Waals surface area contributed by atoms with Gasteiger partial charge in [0.05, 0.1) is 11.6 Å². The Morgan fingerprint density at radius 3 is 2.82 bits per heavy atom. The highest BCUT2D eigenvalue weighted by Crippen LogP contribution is 2.22. The van der Waals surface area contributed by atoms with Gasteiger partial charge in [-0.1, -0.05) is 0 Å². The second kappa shape index (κ2) is 5.60. The molecule has 0 aliphatic heterocycles. The van der Waals surface area contributed by atoms with E-state index in [0.717, 1.165) is 0 Å². The normalized spacial score (nSPS) is 10.2. The molecule has 1 N–H and O–H groups in total. The molecule has 2 aromatic carbocycles. The molecule has 0 unspecified atom stereocenters. The molecule has 3 rings (SSSR count). The zero-order chi connectivity index (χ0) is 15.5. The average molecular weight is 292 g/mol. The number of benzene rings is 2. The van der Waals surface area contributed by atoms with Crippen LogP contribution in [-0.2, 0) is 5.26 Å². The number of furan rings is 1. The molecule has 106 valence electrons. The van der Waals surface area contributed by atoms with E-state index in [4.69, 9.17) is 9.68 Å². The number of fused-ring (bicyclic) bond motifs is 1. The van der Waals surface area contributed by atoms with Gasteiger partial charge in [0.2, 0.25) is 0 Å². The van der Waals surface area contributed by atoms with Gasteiger partial charge in [-0.25, -0.2) is 0 Å². The maximum absolute atomic E-state index is 12.1. The molecule has 0 aliphatic rings. The second-order valence-electron chi connectivity index (χ2n) is 4.45. The summed E-state index contributed by atoms with van der Waals surface area (Å²) in [5.74, 6) is -0.293. The van der Waals surface area contributed by atoms with Crippen molar-refractivity contribution in [1.29, 1.82) is 5.26 Å². The van der Waals surface area contributed by atoms with Crippen molar-refractivity contribution >= 4 is 22.6 Å². The van der Waals surface area contributed by atoms with Crippen LogP contribution in [0.15, 0.2) is 46.9 Å². The highest BCUT2D eigenvalue weighted by molar-refractivity contribution is 6.04. The summed E-state index contributed by atoms with van der Waals surface area (Å²) in [5, 5.41) is 22.3. The van der Waals surface area contributed by atoms with Crippen LogP contribution in [-0.4, -0.2) is 5.91 Å². The lowest BCUT2D eigenvalue weighted by atomic mass is 10.2. The number of hydrogen-bond donors (Lipinski definition) is 1. The Bertz CT molecular complexity index is 875. The van der Waals surface area contributed by atoms with Crippen molar-refractivity contribution in [3.63, 3.8) is 0 Å². The summed E-state index contributed by atoms with van der Waals surface area (Å²) in [6, 6.07) is 15.4. The van der Waals surface area contributed by atoms with E-state index in [0.29, 0.717) is 22.2 Å². The highest BCUT2D eigenvalue weighted by atomic mass is 17.1. The van der Waals surface area contributed by atoms with Crippen molar-refractivity contribution < 1.29 is 19.4 Å². The molecule has 0 atom stereocenters. The first-order chi connectivity index (χ1) is 10.7. The van der Waals surface area contributed by atoms with Gasteiger partial charge in [0.25, 0.3) is 5.91 Å². The molecule has 0 saturated carbocycles. The minimum atomic E-state index is -0.445. The number of anilines is 1. The molecule has 1 aromatic heterocycles. The molecule has 6 nitrogen and oxygen atoms in total. The summed E-state index contributed by atoms with van der Waals surface area (Å²) >= 11 is 0. The minimum absolute atomic E-state index is 0.0331. The summed E-state index contributed by atoms with van der Waals surface area (Å²) in [5.41, 5.74) is 1.46. The molecule has 0 bridgehead atoms. The first kappa shape index (κ1) is 13.7. The van der Waals surface area contributed by atoms with E-state index in [9.17, 15) is 10.1 Å².